The second kappa shape index (κ2) is 46.8. The summed E-state index contributed by atoms with van der Waals surface area (Å²) in [7, 11) is 0. The van der Waals surface area contributed by atoms with Crippen molar-refractivity contribution in [2.45, 2.75) is 324 Å². The van der Waals surface area contributed by atoms with E-state index in [0.717, 1.165) is 77.0 Å². The molecule has 17 atom stereocenters. The van der Waals surface area contributed by atoms with Gasteiger partial charge in [0, 0.05) is 6.42 Å². The van der Waals surface area contributed by atoms with Crippen LogP contribution in [0.25, 0.3) is 0 Å². The summed E-state index contributed by atoms with van der Waals surface area (Å²) in [6, 6.07) is -0.995. The van der Waals surface area contributed by atoms with Crippen molar-refractivity contribution >= 4 is 5.91 Å². The van der Waals surface area contributed by atoms with Crippen LogP contribution in [-0.2, 0) is 33.2 Å². The van der Waals surface area contributed by atoms with Crippen molar-refractivity contribution in [2.24, 2.45) is 0 Å². The van der Waals surface area contributed by atoms with E-state index in [1.54, 1.807) is 6.08 Å². The van der Waals surface area contributed by atoms with E-state index in [9.17, 15) is 61.0 Å². The Bertz CT molecular complexity index is 1700. The zero-order valence-corrected chi connectivity index (χ0v) is 50.7. The summed E-state index contributed by atoms with van der Waals surface area (Å²) in [5.41, 5.74) is 0. The van der Waals surface area contributed by atoms with Crippen LogP contribution in [0.5, 0.6) is 0 Å². The van der Waals surface area contributed by atoms with Crippen LogP contribution in [0, 0.1) is 0 Å². The van der Waals surface area contributed by atoms with Crippen LogP contribution in [0.1, 0.15) is 219 Å². The van der Waals surface area contributed by atoms with Crippen molar-refractivity contribution in [2.75, 3.05) is 26.4 Å². The minimum atomic E-state index is -1.98. The van der Waals surface area contributed by atoms with Crippen molar-refractivity contribution in [3.8, 4) is 0 Å². The van der Waals surface area contributed by atoms with Gasteiger partial charge in [0.25, 0.3) is 0 Å². The van der Waals surface area contributed by atoms with E-state index in [0.29, 0.717) is 12.8 Å². The fourth-order valence-electron chi connectivity index (χ4n) is 10.8. The number of amides is 1. The summed E-state index contributed by atoms with van der Waals surface area (Å²) in [5.74, 6) is -0.294. The molecule has 3 saturated heterocycles. The van der Waals surface area contributed by atoms with E-state index in [4.69, 9.17) is 28.4 Å². The molecule has 17 unspecified atom stereocenters. The Balaban J connectivity index is 1.49. The first-order valence-corrected chi connectivity index (χ1v) is 32.4. The molecule has 3 aliphatic rings. The van der Waals surface area contributed by atoms with Gasteiger partial charge in [-0.15, -0.1) is 0 Å². The molecular formula is C64H115NO18. The molecule has 484 valence electrons. The smallest absolute Gasteiger partial charge is 0.220 e. The number of unbranched alkanes of at least 4 members (excludes halogenated alkanes) is 26. The molecule has 83 heavy (non-hydrogen) atoms. The normalized spacial score (nSPS) is 29.7. The molecule has 1 amide bonds. The lowest BCUT2D eigenvalue weighted by atomic mass is 9.96. The molecule has 0 spiro atoms. The van der Waals surface area contributed by atoms with Crippen LogP contribution in [0.3, 0.4) is 0 Å². The van der Waals surface area contributed by atoms with Crippen molar-refractivity contribution < 1.29 is 89.4 Å². The number of rotatable bonds is 48. The van der Waals surface area contributed by atoms with Gasteiger partial charge in [-0.2, -0.15) is 0 Å². The van der Waals surface area contributed by atoms with Gasteiger partial charge in [0.1, 0.15) is 73.2 Å². The largest absolute Gasteiger partial charge is 0.394 e. The first-order valence-electron chi connectivity index (χ1n) is 32.4. The van der Waals surface area contributed by atoms with Crippen LogP contribution >= 0.6 is 0 Å². The van der Waals surface area contributed by atoms with Crippen molar-refractivity contribution in [1.29, 1.82) is 0 Å². The number of nitrogens with one attached hydrogen (secondary N) is 1. The van der Waals surface area contributed by atoms with E-state index in [1.165, 1.54) is 109 Å². The highest BCUT2D eigenvalue weighted by atomic mass is 16.8. The number of aliphatic hydroxyl groups is 11. The van der Waals surface area contributed by atoms with Gasteiger partial charge in [-0.05, 0) is 64.2 Å². The number of allylic oxidation sites excluding steroid dienone is 7. The summed E-state index contributed by atoms with van der Waals surface area (Å²) >= 11 is 0. The summed E-state index contributed by atoms with van der Waals surface area (Å²) in [6.07, 6.45) is 26.6. The zero-order chi connectivity index (χ0) is 60.5. The number of carbonyl (C=O) groups is 1. The lowest BCUT2D eigenvalue weighted by Gasteiger charge is -2.48. The maximum atomic E-state index is 13.3. The standard InChI is InChI=1S/C64H115NO18/c1-3-5-7-9-11-13-15-17-19-21-22-23-24-26-27-29-31-33-35-37-39-41-48(69)47(65-52(70)42-40-38-36-34-32-30-28-25-20-18-16-14-12-10-8-6-4-2)46-78-62-58(76)55(73)60(50(44-67)80-62)83-64-59(77)56(74)61(51(45-68)81-64)82-63-57(75)54(72)53(71)49(43-66)79-63/h12,14,18,20,31,33,39,41,47-51,53-64,66-69,71-77H,3-11,13,15-17,19,21-30,32,34-38,40,42-46H2,1-2H3,(H,65,70)/b14-12-,20-18-,33-31+,41-39+. The summed E-state index contributed by atoms with van der Waals surface area (Å²) in [5, 5.41) is 120. The van der Waals surface area contributed by atoms with Crippen LogP contribution in [0.4, 0.5) is 0 Å². The lowest BCUT2D eigenvalue weighted by molar-refractivity contribution is -0.379. The third kappa shape index (κ3) is 30.0. The third-order valence-electron chi connectivity index (χ3n) is 16.1. The maximum absolute atomic E-state index is 13.3. The minimum Gasteiger partial charge on any atom is -0.394 e. The Morgan fingerprint density at radius 1 is 0.434 bits per heavy atom. The Hall–Kier alpha value is -2.25. The Kier molecular flexibility index (Phi) is 42.3. The molecule has 0 aromatic heterocycles. The van der Waals surface area contributed by atoms with E-state index in [-0.39, 0.29) is 18.9 Å². The van der Waals surface area contributed by atoms with Crippen LogP contribution in [0.15, 0.2) is 48.6 Å². The fraction of sp³-hybridized carbons (Fsp3) is 0.859. The molecule has 0 bridgehead atoms. The minimum absolute atomic E-state index is 0.226. The molecule has 0 aliphatic carbocycles. The Morgan fingerprint density at radius 3 is 1.30 bits per heavy atom. The second-order valence-electron chi connectivity index (χ2n) is 23.2. The molecule has 3 fully saturated rings. The predicted octanol–water partition coefficient (Wildman–Crippen LogP) is 7.04. The maximum Gasteiger partial charge on any atom is 0.220 e. The molecule has 0 aromatic carbocycles. The number of ether oxygens (including phenoxy) is 6. The zero-order valence-electron chi connectivity index (χ0n) is 50.7. The molecule has 0 saturated carbocycles. The van der Waals surface area contributed by atoms with Gasteiger partial charge in [-0.3, -0.25) is 4.79 Å². The molecule has 3 heterocycles. The van der Waals surface area contributed by atoms with Gasteiger partial charge in [0.05, 0.1) is 38.6 Å². The van der Waals surface area contributed by atoms with Gasteiger partial charge in [-0.25, -0.2) is 0 Å². The SMILES string of the molecule is CCCCC/C=C\C/C=C\CCCCCCCCCC(=O)NC(COC1OC(CO)C(OC2OC(CO)C(OC3OC(CO)C(O)C(O)C3O)C(O)C2O)C(O)C1O)C(O)/C=C/CC/C=C/CCCCCCCCCCCCCCCCC. The van der Waals surface area contributed by atoms with Gasteiger partial charge in [-0.1, -0.05) is 197 Å². The van der Waals surface area contributed by atoms with Gasteiger partial charge >= 0.3 is 0 Å². The van der Waals surface area contributed by atoms with E-state index in [1.807, 2.05) is 6.08 Å². The fourth-order valence-corrected chi connectivity index (χ4v) is 10.8. The molecular weight excluding hydrogens is 1070 g/mol. The van der Waals surface area contributed by atoms with Crippen LogP contribution < -0.4 is 5.32 Å². The van der Waals surface area contributed by atoms with Crippen molar-refractivity contribution in [1.82, 2.24) is 5.32 Å². The first kappa shape index (κ1) is 75.0. The highest BCUT2D eigenvalue weighted by Crippen LogP contribution is 2.33. The Labute approximate surface area is 497 Å². The topological polar surface area (TPSA) is 307 Å². The number of aliphatic hydroxyl groups excluding tert-OH is 11. The quantitative estimate of drug-likeness (QED) is 0.0215. The first-order chi connectivity index (χ1) is 40.3. The molecule has 19 nitrogen and oxygen atoms in total. The van der Waals surface area contributed by atoms with E-state index < -0.39 is 124 Å². The molecule has 3 rings (SSSR count). The molecule has 0 radical (unpaired) electrons. The van der Waals surface area contributed by atoms with Crippen LogP contribution in [-0.4, -0.2) is 193 Å². The van der Waals surface area contributed by atoms with E-state index in [2.05, 4.69) is 55.6 Å². The number of hydrogen-bond acceptors (Lipinski definition) is 18. The van der Waals surface area contributed by atoms with Gasteiger partial charge in [0.2, 0.25) is 5.91 Å². The number of hydrogen-bond donors (Lipinski definition) is 12. The monoisotopic (exact) mass is 1190 g/mol. The molecule has 0 aromatic rings. The second-order valence-corrected chi connectivity index (χ2v) is 23.2. The summed E-state index contributed by atoms with van der Waals surface area (Å²) < 4.78 is 34.3. The van der Waals surface area contributed by atoms with Crippen LogP contribution in [0.2, 0.25) is 0 Å². The van der Waals surface area contributed by atoms with Crippen molar-refractivity contribution in [3.05, 3.63) is 48.6 Å². The molecule has 19 heteroatoms. The third-order valence-corrected chi connectivity index (χ3v) is 16.1. The summed E-state index contributed by atoms with van der Waals surface area (Å²) in [6.45, 7) is 1.68. The van der Waals surface area contributed by atoms with Gasteiger partial charge in [0.15, 0.2) is 18.9 Å². The van der Waals surface area contributed by atoms with Crippen molar-refractivity contribution in [3.63, 3.8) is 0 Å². The molecule has 12 N–H and O–H groups in total. The number of carbonyl (C=O) groups excluding carboxylic acids is 1. The average molecular weight is 1190 g/mol. The van der Waals surface area contributed by atoms with E-state index >= 15 is 0 Å². The molecule has 3 aliphatic heterocycles. The average Bonchev–Trinajstić information content (AvgIpc) is 3.35. The Morgan fingerprint density at radius 2 is 0.807 bits per heavy atom. The highest BCUT2D eigenvalue weighted by molar-refractivity contribution is 5.76. The lowest BCUT2D eigenvalue weighted by Crippen LogP contribution is -2.66. The predicted molar refractivity (Wildman–Crippen MR) is 319 cm³/mol. The van der Waals surface area contributed by atoms with Gasteiger partial charge < -0.3 is 89.9 Å². The highest BCUT2D eigenvalue weighted by Gasteiger charge is 2.53. The summed E-state index contributed by atoms with van der Waals surface area (Å²) in [4.78, 5) is 13.3.